The molecule has 0 radical (unpaired) electrons. The summed E-state index contributed by atoms with van der Waals surface area (Å²) in [5.74, 6) is 0.284. The Bertz CT molecular complexity index is 918. The molecule has 1 atom stereocenters. The molecule has 1 aliphatic heterocycles. The van der Waals surface area contributed by atoms with Crippen molar-refractivity contribution in [3.8, 4) is 5.75 Å². The Balaban J connectivity index is 1.72. The van der Waals surface area contributed by atoms with Gasteiger partial charge in [0.15, 0.2) is 0 Å². The zero-order chi connectivity index (χ0) is 19.4. The highest BCUT2D eigenvalue weighted by Gasteiger charge is 2.31. The number of amides is 1. The molecule has 144 valence electrons. The predicted molar refractivity (Wildman–Crippen MR) is 102 cm³/mol. The largest absolute Gasteiger partial charge is 0.487 e. The van der Waals surface area contributed by atoms with Gasteiger partial charge in [-0.15, -0.1) is 0 Å². The molecule has 1 aromatic carbocycles. The van der Waals surface area contributed by atoms with Gasteiger partial charge in [0.2, 0.25) is 15.9 Å². The van der Waals surface area contributed by atoms with E-state index < -0.39 is 10.0 Å². The summed E-state index contributed by atoms with van der Waals surface area (Å²) in [7, 11) is -3.65. The molecule has 0 spiro atoms. The second-order valence-corrected chi connectivity index (χ2v) is 8.60. The number of carbonyl (C=O) groups is 1. The van der Waals surface area contributed by atoms with E-state index in [4.69, 9.17) is 16.3 Å². The first kappa shape index (κ1) is 19.6. The molecular weight excluding hydrogens is 390 g/mol. The van der Waals surface area contributed by atoms with Gasteiger partial charge in [-0.25, -0.2) is 8.42 Å². The third kappa shape index (κ3) is 4.77. The summed E-state index contributed by atoms with van der Waals surface area (Å²) in [6.07, 6.45) is 4.22. The number of hydrogen-bond donors (Lipinski definition) is 1. The number of carbonyl (C=O) groups excluding carboxylic acids is 1. The van der Waals surface area contributed by atoms with Gasteiger partial charge < -0.3 is 10.1 Å². The van der Waals surface area contributed by atoms with Crippen LogP contribution in [0.5, 0.6) is 5.75 Å². The number of benzene rings is 1. The lowest BCUT2D eigenvalue weighted by atomic mass is 10.1. The highest BCUT2D eigenvalue weighted by atomic mass is 35.5. The van der Waals surface area contributed by atoms with Crippen LogP contribution in [-0.2, 0) is 14.8 Å². The maximum absolute atomic E-state index is 12.9. The van der Waals surface area contributed by atoms with E-state index in [2.05, 4.69) is 10.3 Å². The Labute approximate surface area is 163 Å². The summed E-state index contributed by atoms with van der Waals surface area (Å²) in [5.41, 5.74) is 0.550. The van der Waals surface area contributed by atoms with E-state index in [1.54, 1.807) is 24.4 Å². The van der Waals surface area contributed by atoms with Gasteiger partial charge in [-0.05, 0) is 37.1 Å². The molecule has 2 aromatic rings. The van der Waals surface area contributed by atoms with Crippen molar-refractivity contribution in [2.75, 3.05) is 18.4 Å². The smallest absolute Gasteiger partial charge is 0.243 e. The number of ether oxygens (including phenoxy) is 1. The first-order valence-corrected chi connectivity index (χ1v) is 10.3. The average molecular weight is 410 g/mol. The highest BCUT2D eigenvalue weighted by Crippen LogP contribution is 2.27. The number of anilines is 1. The molecule has 9 heteroatoms. The molecule has 2 heterocycles. The Morgan fingerprint density at radius 3 is 2.70 bits per heavy atom. The summed E-state index contributed by atoms with van der Waals surface area (Å²) < 4.78 is 33.2. The van der Waals surface area contributed by atoms with Gasteiger partial charge in [0.25, 0.3) is 0 Å². The van der Waals surface area contributed by atoms with E-state index in [0.29, 0.717) is 29.4 Å². The molecule has 3 rings (SSSR count). The molecule has 7 nitrogen and oxygen atoms in total. The zero-order valence-corrected chi connectivity index (χ0v) is 16.3. The van der Waals surface area contributed by atoms with Crippen molar-refractivity contribution in [1.29, 1.82) is 0 Å². The van der Waals surface area contributed by atoms with Gasteiger partial charge in [0, 0.05) is 37.6 Å². The monoisotopic (exact) mass is 409 g/mol. The second kappa shape index (κ2) is 8.24. The van der Waals surface area contributed by atoms with Gasteiger partial charge in [-0.3, -0.25) is 9.78 Å². The Hall–Kier alpha value is -2.16. The minimum atomic E-state index is -3.65. The summed E-state index contributed by atoms with van der Waals surface area (Å²) in [6.45, 7) is 2.07. The summed E-state index contributed by atoms with van der Waals surface area (Å²) >= 11 is 6.07. The molecule has 0 saturated carbocycles. The van der Waals surface area contributed by atoms with Crippen LogP contribution in [0.3, 0.4) is 0 Å². The zero-order valence-electron chi connectivity index (χ0n) is 14.8. The number of nitrogens with zero attached hydrogens (tertiary/aromatic N) is 2. The van der Waals surface area contributed by atoms with Crippen LogP contribution in [0.4, 0.5) is 5.69 Å². The van der Waals surface area contributed by atoms with Gasteiger partial charge in [0.1, 0.15) is 16.9 Å². The van der Waals surface area contributed by atoms with Crippen LogP contribution in [0, 0.1) is 0 Å². The lowest BCUT2D eigenvalue weighted by Gasteiger charge is -2.32. The number of piperidine rings is 1. The van der Waals surface area contributed by atoms with Crippen LogP contribution in [-0.4, -0.2) is 42.8 Å². The number of halogens is 1. The highest BCUT2D eigenvalue weighted by molar-refractivity contribution is 7.89. The topological polar surface area (TPSA) is 88.6 Å². The van der Waals surface area contributed by atoms with Crippen molar-refractivity contribution in [3.05, 3.63) is 47.7 Å². The third-order valence-corrected chi connectivity index (χ3v) is 6.35. The van der Waals surface area contributed by atoms with Crippen LogP contribution < -0.4 is 10.1 Å². The summed E-state index contributed by atoms with van der Waals surface area (Å²) in [6, 6.07) is 7.79. The fraction of sp³-hybridized carbons (Fsp3) is 0.333. The van der Waals surface area contributed by atoms with Crippen LogP contribution in [0.15, 0.2) is 47.6 Å². The molecular formula is C18H20ClN3O4S. The summed E-state index contributed by atoms with van der Waals surface area (Å²) in [4.78, 5) is 15.2. The molecule has 1 saturated heterocycles. The van der Waals surface area contributed by atoms with E-state index in [9.17, 15) is 13.2 Å². The number of pyridine rings is 1. The Morgan fingerprint density at radius 1 is 1.30 bits per heavy atom. The predicted octanol–water partition coefficient (Wildman–Crippen LogP) is 2.93. The minimum absolute atomic E-state index is 0.180. The fourth-order valence-electron chi connectivity index (χ4n) is 2.92. The molecule has 1 fully saturated rings. The molecule has 1 unspecified atom stereocenters. The van der Waals surface area contributed by atoms with Crippen molar-refractivity contribution < 1.29 is 17.9 Å². The first-order valence-electron chi connectivity index (χ1n) is 8.50. The summed E-state index contributed by atoms with van der Waals surface area (Å²) in [5, 5.41) is 3.01. The van der Waals surface area contributed by atoms with Crippen molar-refractivity contribution in [3.63, 3.8) is 0 Å². The van der Waals surface area contributed by atoms with Gasteiger partial charge >= 0.3 is 0 Å². The SMILES string of the molecule is CC(=O)Nc1ccc(S(=O)(=O)N2CCCC(Oc3ccncc3Cl)C2)cc1. The maximum Gasteiger partial charge on any atom is 0.243 e. The molecule has 1 N–H and O–H groups in total. The van der Waals surface area contributed by atoms with Gasteiger partial charge in [-0.1, -0.05) is 11.6 Å². The van der Waals surface area contributed by atoms with E-state index in [1.165, 1.54) is 29.6 Å². The van der Waals surface area contributed by atoms with Crippen molar-refractivity contribution in [1.82, 2.24) is 9.29 Å². The van der Waals surface area contributed by atoms with E-state index in [-0.39, 0.29) is 23.5 Å². The van der Waals surface area contributed by atoms with Gasteiger partial charge in [0.05, 0.1) is 11.4 Å². The minimum Gasteiger partial charge on any atom is -0.487 e. The molecule has 1 amide bonds. The van der Waals surface area contributed by atoms with E-state index >= 15 is 0 Å². The number of aromatic nitrogens is 1. The van der Waals surface area contributed by atoms with Crippen LogP contribution in [0.1, 0.15) is 19.8 Å². The molecule has 1 aliphatic rings. The first-order chi connectivity index (χ1) is 12.9. The number of sulfonamides is 1. The van der Waals surface area contributed by atoms with Gasteiger partial charge in [-0.2, -0.15) is 4.31 Å². The lowest BCUT2D eigenvalue weighted by molar-refractivity contribution is -0.114. The molecule has 1 aromatic heterocycles. The van der Waals surface area contributed by atoms with Crippen LogP contribution >= 0.6 is 11.6 Å². The van der Waals surface area contributed by atoms with Crippen LogP contribution in [0.25, 0.3) is 0 Å². The van der Waals surface area contributed by atoms with E-state index in [1.807, 2.05) is 0 Å². The Morgan fingerprint density at radius 2 is 2.04 bits per heavy atom. The molecule has 0 bridgehead atoms. The fourth-order valence-corrected chi connectivity index (χ4v) is 4.59. The number of hydrogen-bond acceptors (Lipinski definition) is 5. The van der Waals surface area contributed by atoms with Crippen molar-refractivity contribution >= 4 is 33.2 Å². The molecule has 0 aliphatic carbocycles. The average Bonchev–Trinajstić information content (AvgIpc) is 2.64. The van der Waals surface area contributed by atoms with Crippen LogP contribution in [0.2, 0.25) is 5.02 Å². The Kier molecular flexibility index (Phi) is 5.98. The second-order valence-electron chi connectivity index (χ2n) is 6.26. The quantitative estimate of drug-likeness (QED) is 0.820. The lowest BCUT2D eigenvalue weighted by Crippen LogP contribution is -2.44. The normalized spacial score (nSPS) is 18.1. The van der Waals surface area contributed by atoms with E-state index in [0.717, 1.165) is 6.42 Å². The molecule has 27 heavy (non-hydrogen) atoms. The number of rotatable bonds is 5. The number of nitrogens with one attached hydrogen (secondary N) is 1. The van der Waals surface area contributed by atoms with Crippen molar-refractivity contribution in [2.45, 2.75) is 30.8 Å². The maximum atomic E-state index is 12.9. The third-order valence-electron chi connectivity index (χ3n) is 4.18. The standard InChI is InChI=1S/C18H20ClN3O4S/c1-13(23)21-14-4-6-16(7-5-14)27(24,25)22-10-2-3-15(12-22)26-18-8-9-20-11-17(18)19/h4-9,11,15H,2-3,10,12H2,1H3,(H,21,23). The van der Waals surface area contributed by atoms with Crippen molar-refractivity contribution in [2.24, 2.45) is 0 Å².